The number of benzene rings is 2. The minimum absolute atomic E-state index is 0.248. The molecule has 0 bridgehead atoms. The molecular formula is C15H12Br2. The van der Waals surface area contributed by atoms with Crippen LogP contribution in [-0.4, -0.2) is 0 Å². The molecule has 3 rings (SSSR count). The standard InChI is InChI=1S/C15H12Br2/c16-15(17)12-7-8-14-11(9-12)6-5-10-3-1-2-4-13(10)14/h1-4,7-9,15H,5-6H2. The van der Waals surface area contributed by atoms with E-state index in [2.05, 4.69) is 74.3 Å². The van der Waals surface area contributed by atoms with E-state index in [4.69, 9.17) is 0 Å². The molecule has 17 heavy (non-hydrogen) atoms. The van der Waals surface area contributed by atoms with Crippen LogP contribution in [0.1, 0.15) is 20.4 Å². The van der Waals surface area contributed by atoms with Crippen LogP contribution in [0.5, 0.6) is 0 Å². The van der Waals surface area contributed by atoms with Crippen molar-refractivity contribution in [3.63, 3.8) is 0 Å². The lowest BCUT2D eigenvalue weighted by Crippen LogP contribution is -2.04. The Morgan fingerprint density at radius 1 is 0.824 bits per heavy atom. The molecule has 0 N–H and O–H groups in total. The number of alkyl halides is 2. The van der Waals surface area contributed by atoms with Gasteiger partial charge in [-0.25, -0.2) is 0 Å². The fourth-order valence-electron chi connectivity index (χ4n) is 2.49. The van der Waals surface area contributed by atoms with Crippen molar-refractivity contribution in [1.29, 1.82) is 0 Å². The van der Waals surface area contributed by atoms with Crippen LogP contribution in [0, 0.1) is 0 Å². The molecule has 0 amide bonds. The van der Waals surface area contributed by atoms with Gasteiger partial charge in [0, 0.05) is 0 Å². The number of halogens is 2. The summed E-state index contributed by atoms with van der Waals surface area (Å²) in [5, 5.41) is 0. The molecule has 1 aliphatic carbocycles. The van der Waals surface area contributed by atoms with Crippen molar-refractivity contribution in [3.05, 3.63) is 59.2 Å². The average Bonchev–Trinajstić information content (AvgIpc) is 2.38. The van der Waals surface area contributed by atoms with E-state index in [9.17, 15) is 0 Å². The van der Waals surface area contributed by atoms with Gasteiger partial charge in [-0.05, 0) is 40.7 Å². The van der Waals surface area contributed by atoms with Gasteiger partial charge in [-0.1, -0.05) is 74.3 Å². The number of fused-ring (bicyclic) bond motifs is 3. The summed E-state index contributed by atoms with van der Waals surface area (Å²) in [4.78, 5) is 0. The van der Waals surface area contributed by atoms with Gasteiger partial charge in [-0.3, -0.25) is 0 Å². The smallest absolute Gasteiger partial charge is 0.0712 e. The molecule has 0 radical (unpaired) electrons. The van der Waals surface area contributed by atoms with Crippen molar-refractivity contribution in [2.24, 2.45) is 0 Å². The van der Waals surface area contributed by atoms with E-state index in [-0.39, 0.29) is 3.74 Å². The maximum Gasteiger partial charge on any atom is 0.0946 e. The Morgan fingerprint density at radius 3 is 2.35 bits per heavy atom. The van der Waals surface area contributed by atoms with Gasteiger partial charge in [0.1, 0.15) is 0 Å². The van der Waals surface area contributed by atoms with Gasteiger partial charge in [0.05, 0.1) is 3.74 Å². The highest BCUT2D eigenvalue weighted by Gasteiger charge is 2.16. The number of rotatable bonds is 1. The second-order valence-corrected chi connectivity index (χ2v) is 7.43. The second-order valence-electron chi connectivity index (χ2n) is 4.37. The summed E-state index contributed by atoms with van der Waals surface area (Å²) in [5.41, 5.74) is 7.03. The first kappa shape index (κ1) is 11.5. The third kappa shape index (κ3) is 2.09. The molecule has 2 heteroatoms. The molecular weight excluding hydrogens is 340 g/mol. The number of hydrogen-bond donors (Lipinski definition) is 0. The first-order valence-electron chi connectivity index (χ1n) is 5.75. The largest absolute Gasteiger partial charge is 0.0946 e. The van der Waals surface area contributed by atoms with E-state index in [0.29, 0.717) is 0 Å². The van der Waals surface area contributed by atoms with Crippen LogP contribution >= 0.6 is 31.9 Å². The van der Waals surface area contributed by atoms with Crippen LogP contribution in [0.3, 0.4) is 0 Å². The second kappa shape index (κ2) is 4.58. The molecule has 0 unspecified atom stereocenters. The van der Waals surface area contributed by atoms with Gasteiger partial charge in [-0.15, -0.1) is 0 Å². The molecule has 2 aromatic rings. The Balaban J connectivity index is 2.15. The SMILES string of the molecule is BrC(Br)c1ccc2c(c1)CCc1ccccc1-2. The number of hydrogen-bond acceptors (Lipinski definition) is 0. The summed E-state index contributed by atoms with van der Waals surface area (Å²) in [6.45, 7) is 0. The van der Waals surface area contributed by atoms with Crippen molar-refractivity contribution in [1.82, 2.24) is 0 Å². The average molecular weight is 352 g/mol. The molecule has 0 aromatic heterocycles. The van der Waals surface area contributed by atoms with Crippen LogP contribution < -0.4 is 0 Å². The van der Waals surface area contributed by atoms with Crippen LogP contribution in [-0.2, 0) is 12.8 Å². The van der Waals surface area contributed by atoms with E-state index in [1.165, 1.54) is 27.8 Å². The Morgan fingerprint density at radius 2 is 1.53 bits per heavy atom. The highest BCUT2D eigenvalue weighted by atomic mass is 79.9. The molecule has 0 nitrogen and oxygen atoms in total. The summed E-state index contributed by atoms with van der Waals surface area (Å²) in [7, 11) is 0. The van der Waals surface area contributed by atoms with Crippen molar-refractivity contribution >= 4 is 31.9 Å². The first-order chi connectivity index (χ1) is 8.25. The van der Waals surface area contributed by atoms with E-state index in [1.807, 2.05) is 0 Å². The lowest BCUT2D eigenvalue weighted by molar-refractivity contribution is 0.939. The predicted octanol–water partition coefficient (Wildman–Crippen LogP) is 5.24. The highest BCUT2D eigenvalue weighted by molar-refractivity contribution is 9.24. The molecule has 0 saturated heterocycles. The molecule has 1 aliphatic rings. The van der Waals surface area contributed by atoms with Gasteiger partial charge < -0.3 is 0 Å². The minimum Gasteiger partial charge on any atom is -0.0712 e. The summed E-state index contributed by atoms with van der Waals surface area (Å²) in [6.07, 6.45) is 2.30. The molecule has 86 valence electrons. The Hall–Kier alpha value is -0.600. The Bertz CT molecular complexity index is 559. The fourth-order valence-corrected chi connectivity index (χ4v) is 3.06. The van der Waals surface area contributed by atoms with Crippen molar-refractivity contribution in [3.8, 4) is 11.1 Å². The summed E-state index contributed by atoms with van der Waals surface area (Å²) in [6, 6.07) is 15.5. The third-order valence-electron chi connectivity index (χ3n) is 3.35. The van der Waals surface area contributed by atoms with E-state index in [1.54, 1.807) is 0 Å². The van der Waals surface area contributed by atoms with Gasteiger partial charge in [0.25, 0.3) is 0 Å². The zero-order valence-electron chi connectivity index (χ0n) is 9.29. The van der Waals surface area contributed by atoms with Gasteiger partial charge in [-0.2, -0.15) is 0 Å². The van der Waals surface area contributed by atoms with Gasteiger partial charge in [0.2, 0.25) is 0 Å². The van der Waals surface area contributed by atoms with E-state index < -0.39 is 0 Å². The molecule has 0 atom stereocenters. The molecule has 0 heterocycles. The van der Waals surface area contributed by atoms with E-state index in [0.717, 1.165) is 12.8 Å². The molecule has 0 fully saturated rings. The maximum atomic E-state index is 3.56. The van der Waals surface area contributed by atoms with Crippen LogP contribution in [0.4, 0.5) is 0 Å². The Labute approximate surface area is 118 Å². The predicted molar refractivity (Wildman–Crippen MR) is 79.9 cm³/mol. The quantitative estimate of drug-likeness (QED) is 0.616. The number of aryl methyl sites for hydroxylation is 2. The molecule has 2 aromatic carbocycles. The zero-order valence-corrected chi connectivity index (χ0v) is 12.5. The van der Waals surface area contributed by atoms with Gasteiger partial charge in [0.15, 0.2) is 0 Å². The molecule has 0 spiro atoms. The van der Waals surface area contributed by atoms with E-state index >= 15 is 0 Å². The van der Waals surface area contributed by atoms with Crippen LogP contribution in [0.15, 0.2) is 42.5 Å². The lowest BCUT2D eigenvalue weighted by Gasteiger charge is -2.20. The topological polar surface area (TPSA) is 0 Å². The lowest BCUT2D eigenvalue weighted by atomic mass is 9.85. The maximum absolute atomic E-state index is 3.56. The first-order valence-corrected chi connectivity index (χ1v) is 7.58. The monoisotopic (exact) mass is 350 g/mol. The molecule has 0 aliphatic heterocycles. The van der Waals surface area contributed by atoms with Crippen molar-refractivity contribution in [2.45, 2.75) is 16.6 Å². The van der Waals surface area contributed by atoms with Crippen molar-refractivity contribution in [2.75, 3.05) is 0 Å². The Kier molecular flexibility index (Phi) is 3.10. The van der Waals surface area contributed by atoms with Crippen LogP contribution in [0.2, 0.25) is 0 Å². The molecule has 0 saturated carbocycles. The summed E-state index contributed by atoms with van der Waals surface area (Å²) in [5.74, 6) is 0. The highest BCUT2D eigenvalue weighted by Crippen LogP contribution is 2.37. The fraction of sp³-hybridized carbons (Fsp3) is 0.200. The van der Waals surface area contributed by atoms with Gasteiger partial charge >= 0.3 is 0 Å². The van der Waals surface area contributed by atoms with Crippen LogP contribution in [0.25, 0.3) is 11.1 Å². The summed E-state index contributed by atoms with van der Waals surface area (Å²) >= 11 is 7.12. The summed E-state index contributed by atoms with van der Waals surface area (Å²) < 4.78 is 0.248. The normalized spacial score (nSPS) is 13.4. The zero-order chi connectivity index (χ0) is 11.8. The van der Waals surface area contributed by atoms with Crippen molar-refractivity contribution < 1.29 is 0 Å². The third-order valence-corrected chi connectivity index (χ3v) is 4.41. The minimum atomic E-state index is 0.248.